The molecule has 0 saturated heterocycles. The first-order valence-corrected chi connectivity index (χ1v) is 9.30. The largest absolute Gasteiger partial charge is 0.482 e. The number of carbonyl (C=O) groups is 2. The van der Waals surface area contributed by atoms with Gasteiger partial charge >= 0.3 is 0 Å². The lowest BCUT2D eigenvalue weighted by Gasteiger charge is -2.28. The zero-order chi connectivity index (χ0) is 19.8. The summed E-state index contributed by atoms with van der Waals surface area (Å²) in [7, 11) is 1.54. The quantitative estimate of drug-likeness (QED) is 0.725. The van der Waals surface area contributed by atoms with Gasteiger partial charge < -0.3 is 15.0 Å². The van der Waals surface area contributed by atoms with E-state index in [1.54, 1.807) is 32.2 Å². The molecule has 2 amide bonds. The number of ether oxygens (including phenoxy) is 1. The molecule has 0 radical (unpaired) electrons. The molecular formula is C20H22Cl2N2O3. The van der Waals surface area contributed by atoms with Crippen LogP contribution in [0.4, 0.5) is 0 Å². The van der Waals surface area contributed by atoms with Gasteiger partial charge in [0.1, 0.15) is 11.8 Å². The molecule has 5 nitrogen and oxygen atoms in total. The summed E-state index contributed by atoms with van der Waals surface area (Å²) in [5.74, 6) is -0.168. The van der Waals surface area contributed by atoms with Crippen LogP contribution in [0, 0.1) is 0 Å². The maximum absolute atomic E-state index is 12.7. The van der Waals surface area contributed by atoms with Crippen LogP contribution in [-0.4, -0.2) is 43.0 Å². The van der Waals surface area contributed by atoms with Gasteiger partial charge in [0.05, 0.1) is 5.02 Å². The molecule has 1 atom stereocenters. The Kier molecular flexibility index (Phi) is 7.95. The van der Waals surface area contributed by atoms with Crippen molar-refractivity contribution >= 4 is 35.0 Å². The molecule has 0 aliphatic heterocycles. The Labute approximate surface area is 169 Å². The molecule has 0 bridgehead atoms. The van der Waals surface area contributed by atoms with Crippen LogP contribution in [0.5, 0.6) is 5.75 Å². The monoisotopic (exact) mass is 408 g/mol. The molecule has 2 aromatic carbocycles. The van der Waals surface area contributed by atoms with Crippen LogP contribution in [0.3, 0.4) is 0 Å². The molecule has 0 aliphatic rings. The van der Waals surface area contributed by atoms with E-state index in [1.165, 1.54) is 4.90 Å². The minimum Gasteiger partial charge on any atom is -0.482 e. The zero-order valence-corrected chi connectivity index (χ0v) is 16.8. The van der Waals surface area contributed by atoms with Crippen LogP contribution in [0.1, 0.15) is 12.5 Å². The van der Waals surface area contributed by atoms with E-state index in [2.05, 4.69) is 5.32 Å². The molecule has 0 unspecified atom stereocenters. The van der Waals surface area contributed by atoms with E-state index in [0.29, 0.717) is 28.8 Å². The molecule has 27 heavy (non-hydrogen) atoms. The Bertz CT molecular complexity index is 784. The van der Waals surface area contributed by atoms with Crippen molar-refractivity contribution in [2.75, 3.05) is 20.2 Å². The van der Waals surface area contributed by atoms with Crippen molar-refractivity contribution < 1.29 is 14.3 Å². The average molecular weight is 409 g/mol. The van der Waals surface area contributed by atoms with E-state index in [4.69, 9.17) is 27.9 Å². The number of carbonyl (C=O) groups excluding carboxylic acids is 2. The number of amides is 2. The van der Waals surface area contributed by atoms with Gasteiger partial charge in [0.25, 0.3) is 5.91 Å². The van der Waals surface area contributed by atoms with Gasteiger partial charge in [0.15, 0.2) is 6.61 Å². The first-order valence-electron chi connectivity index (χ1n) is 8.55. The summed E-state index contributed by atoms with van der Waals surface area (Å²) in [6, 6.07) is 13.9. The molecule has 0 aliphatic carbocycles. The standard InChI is InChI=1S/C20H22Cl2N2O3/c1-14(20(26)23-2)24(11-10-15-6-4-3-5-7-15)19(25)13-27-18-9-8-16(21)12-17(18)22/h3-9,12,14H,10-11,13H2,1-2H3,(H,23,26)/t14-/m1/s1. The number of nitrogens with zero attached hydrogens (tertiary/aromatic N) is 1. The van der Waals surface area contributed by atoms with Crippen molar-refractivity contribution in [1.82, 2.24) is 10.2 Å². The molecule has 7 heteroatoms. The molecule has 0 fully saturated rings. The van der Waals surface area contributed by atoms with Gasteiger partial charge in [-0.05, 0) is 37.1 Å². The summed E-state index contributed by atoms with van der Waals surface area (Å²) in [5, 5.41) is 3.39. The van der Waals surface area contributed by atoms with Crippen molar-refractivity contribution in [1.29, 1.82) is 0 Å². The van der Waals surface area contributed by atoms with Gasteiger partial charge in [-0.25, -0.2) is 0 Å². The molecule has 2 rings (SSSR count). The summed E-state index contributed by atoms with van der Waals surface area (Å²) in [4.78, 5) is 26.3. The number of halogens is 2. The summed E-state index contributed by atoms with van der Waals surface area (Å²) in [6.07, 6.45) is 0.635. The SMILES string of the molecule is CNC(=O)[C@@H](C)N(CCc1ccccc1)C(=O)COc1ccc(Cl)cc1Cl. The van der Waals surface area contributed by atoms with E-state index >= 15 is 0 Å². The van der Waals surface area contributed by atoms with Gasteiger partial charge in [-0.15, -0.1) is 0 Å². The van der Waals surface area contributed by atoms with Crippen molar-refractivity contribution in [3.63, 3.8) is 0 Å². The van der Waals surface area contributed by atoms with Crippen LogP contribution < -0.4 is 10.1 Å². The van der Waals surface area contributed by atoms with Gasteiger partial charge in [0.2, 0.25) is 5.91 Å². The maximum atomic E-state index is 12.7. The number of hydrogen-bond acceptors (Lipinski definition) is 3. The fraction of sp³-hybridized carbons (Fsp3) is 0.300. The number of rotatable bonds is 8. The summed E-state index contributed by atoms with van der Waals surface area (Å²) in [5.41, 5.74) is 1.08. The highest BCUT2D eigenvalue weighted by atomic mass is 35.5. The third-order valence-electron chi connectivity index (χ3n) is 4.14. The third-order valence-corrected chi connectivity index (χ3v) is 4.67. The summed E-state index contributed by atoms with van der Waals surface area (Å²) >= 11 is 11.9. The minimum absolute atomic E-state index is 0.225. The molecule has 2 aromatic rings. The number of likely N-dealkylation sites (N-methyl/N-ethyl adjacent to an activating group) is 1. The molecule has 144 valence electrons. The second-order valence-electron chi connectivity index (χ2n) is 5.98. The van der Waals surface area contributed by atoms with Crippen LogP contribution in [-0.2, 0) is 16.0 Å². The molecule has 0 spiro atoms. The lowest BCUT2D eigenvalue weighted by molar-refractivity contribution is -0.141. The Morgan fingerprint density at radius 1 is 1.15 bits per heavy atom. The normalized spacial score (nSPS) is 11.6. The van der Waals surface area contributed by atoms with E-state index < -0.39 is 6.04 Å². The molecule has 0 aromatic heterocycles. The highest BCUT2D eigenvalue weighted by Gasteiger charge is 2.25. The molecular weight excluding hydrogens is 387 g/mol. The third kappa shape index (κ3) is 6.15. The van der Waals surface area contributed by atoms with E-state index in [1.807, 2.05) is 30.3 Å². The van der Waals surface area contributed by atoms with Gasteiger partial charge in [-0.3, -0.25) is 9.59 Å². The Hall–Kier alpha value is -2.24. The number of hydrogen-bond donors (Lipinski definition) is 1. The second kappa shape index (κ2) is 10.2. The summed E-state index contributed by atoms with van der Waals surface area (Å²) < 4.78 is 5.54. The highest BCUT2D eigenvalue weighted by molar-refractivity contribution is 6.35. The lowest BCUT2D eigenvalue weighted by atomic mass is 10.1. The molecule has 0 saturated carbocycles. The fourth-order valence-electron chi connectivity index (χ4n) is 2.59. The first kappa shape index (κ1) is 21.1. The van der Waals surface area contributed by atoms with Gasteiger partial charge in [-0.1, -0.05) is 53.5 Å². The second-order valence-corrected chi connectivity index (χ2v) is 6.82. The van der Waals surface area contributed by atoms with E-state index in [-0.39, 0.29) is 18.4 Å². The number of nitrogens with one attached hydrogen (secondary N) is 1. The van der Waals surface area contributed by atoms with Crippen LogP contribution in [0.15, 0.2) is 48.5 Å². The van der Waals surface area contributed by atoms with Crippen molar-refractivity contribution in [2.45, 2.75) is 19.4 Å². The maximum Gasteiger partial charge on any atom is 0.261 e. The van der Waals surface area contributed by atoms with Crippen molar-refractivity contribution in [3.8, 4) is 5.75 Å². The predicted molar refractivity (Wildman–Crippen MR) is 107 cm³/mol. The molecule has 0 heterocycles. The number of benzene rings is 2. The lowest BCUT2D eigenvalue weighted by Crippen LogP contribution is -2.49. The van der Waals surface area contributed by atoms with Gasteiger partial charge in [0, 0.05) is 18.6 Å². The van der Waals surface area contributed by atoms with E-state index in [0.717, 1.165) is 5.56 Å². The first-order chi connectivity index (χ1) is 12.9. The van der Waals surface area contributed by atoms with Crippen LogP contribution in [0.2, 0.25) is 10.0 Å². The topological polar surface area (TPSA) is 58.6 Å². The predicted octanol–water partition coefficient (Wildman–Crippen LogP) is 3.58. The van der Waals surface area contributed by atoms with Crippen molar-refractivity contribution in [2.24, 2.45) is 0 Å². The smallest absolute Gasteiger partial charge is 0.261 e. The zero-order valence-electron chi connectivity index (χ0n) is 15.2. The average Bonchev–Trinajstić information content (AvgIpc) is 2.67. The Morgan fingerprint density at radius 3 is 2.48 bits per heavy atom. The Morgan fingerprint density at radius 2 is 1.85 bits per heavy atom. The molecule has 1 N–H and O–H groups in total. The fourth-order valence-corrected chi connectivity index (χ4v) is 3.06. The van der Waals surface area contributed by atoms with Crippen LogP contribution >= 0.6 is 23.2 Å². The van der Waals surface area contributed by atoms with Crippen LogP contribution in [0.25, 0.3) is 0 Å². The Balaban J connectivity index is 2.06. The van der Waals surface area contributed by atoms with Crippen molar-refractivity contribution in [3.05, 3.63) is 64.1 Å². The summed E-state index contributed by atoms with van der Waals surface area (Å²) in [6.45, 7) is 1.86. The van der Waals surface area contributed by atoms with Gasteiger partial charge in [-0.2, -0.15) is 0 Å². The minimum atomic E-state index is -0.615. The highest BCUT2D eigenvalue weighted by Crippen LogP contribution is 2.27. The van der Waals surface area contributed by atoms with E-state index in [9.17, 15) is 9.59 Å².